The van der Waals surface area contributed by atoms with Crippen LogP contribution in [0.2, 0.25) is 0 Å². The van der Waals surface area contributed by atoms with Crippen molar-refractivity contribution in [2.45, 2.75) is 97.3 Å². The largest absolute Gasteiger partial charge is 0.469 e. The maximum Gasteiger partial charge on any atom is 0.309 e. The molecule has 4 rings (SSSR count). The Morgan fingerprint density at radius 2 is 1.81 bits per heavy atom. The minimum Gasteiger partial charge on any atom is -0.469 e. The second-order valence-electron chi connectivity index (χ2n) is 12.3. The second-order valence-corrected chi connectivity index (χ2v) is 12.3. The molecule has 0 radical (unpaired) electrons. The summed E-state index contributed by atoms with van der Waals surface area (Å²) in [5, 5.41) is 25.0. The van der Waals surface area contributed by atoms with Crippen molar-refractivity contribution < 1.29 is 19.7 Å². The molecule has 4 aliphatic carbocycles. The van der Waals surface area contributed by atoms with Crippen LogP contribution in [-0.4, -0.2) is 48.1 Å². The Morgan fingerprint density at radius 1 is 1.06 bits per heavy atom. The molecule has 5 nitrogen and oxygen atoms in total. The minimum absolute atomic E-state index is 0.00199. The van der Waals surface area contributed by atoms with Gasteiger partial charge in [0.2, 0.25) is 0 Å². The number of carbonyl (C=O) groups excluding carboxylic acids is 1. The van der Waals surface area contributed by atoms with Crippen LogP contribution in [-0.2, 0) is 9.53 Å². The monoisotopic (exact) mass is 435 g/mol. The fourth-order valence-electron chi connectivity index (χ4n) is 8.75. The van der Waals surface area contributed by atoms with Crippen LogP contribution in [0, 0.1) is 46.3 Å². The molecule has 0 saturated heterocycles. The van der Waals surface area contributed by atoms with Gasteiger partial charge >= 0.3 is 5.97 Å². The third kappa shape index (κ3) is 3.87. The molecule has 3 N–H and O–H groups in total. The van der Waals surface area contributed by atoms with Crippen molar-refractivity contribution in [1.82, 2.24) is 5.32 Å². The standard InChI is InChI=1S/C26H45NO4/c1-15(2)10-11-27-20-13-26(4)18(8-9-19(26)24(30)31-5)17-7-6-16-12-21(28)22(29)14-25(16,3)23(17)20/h15-23,27-29H,6-14H2,1-5H3/t16-,17-,18-,19+,20+,21-,22-,23+,25-,26-/m0/s1. The van der Waals surface area contributed by atoms with Crippen LogP contribution in [0.15, 0.2) is 0 Å². The molecule has 5 heteroatoms. The first kappa shape index (κ1) is 23.5. The fourth-order valence-corrected chi connectivity index (χ4v) is 8.75. The number of aliphatic hydroxyl groups is 2. The number of ether oxygens (including phenoxy) is 1. The molecule has 0 aromatic heterocycles. The van der Waals surface area contributed by atoms with Gasteiger partial charge in [-0.05, 0) is 98.3 Å². The number of methoxy groups -OCH3 is 1. The lowest BCUT2D eigenvalue weighted by atomic mass is 9.43. The predicted octanol–water partition coefficient (Wildman–Crippen LogP) is 3.76. The first-order valence-electron chi connectivity index (χ1n) is 12.8. The topological polar surface area (TPSA) is 78.8 Å². The van der Waals surface area contributed by atoms with E-state index in [9.17, 15) is 15.0 Å². The predicted molar refractivity (Wildman–Crippen MR) is 121 cm³/mol. The summed E-state index contributed by atoms with van der Waals surface area (Å²) in [4.78, 5) is 12.7. The molecule has 0 aliphatic heterocycles. The Balaban J connectivity index is 1.67. The summed E-state index contributed by atoms with van der Waals surface area (Å²) in [6.07, 6.45) is 6.77. The first-order valence-corrected chi connectivity index (χ1v) is 12.8. The van der Waals surface area contributed by atoms with Crippen molar-refractivity contribution >= 4 is 5.97 Å². The Bertz CT molecular complexity index is 668. The van der Waals surface area contributed by atoms with Gasteiger partial charge in [-0.25, -0.2) is 0 Å². The number of fused-ring (bicyclic) bond motifs is 5. The van der Waals surface area contributed by atoms with E-state index < -0.39 is 12.2 Å². The van der Waals surface area contributed by atoms with Gasteiger partial charge < -0.3 is 20.3 Å². The van der Waals surface area contributed by atoms with Crippen LogP contribution >= 0.6 is 0 Å². The maximum absolute atomic E-state index is 12.7. The van der Waals surface area contributed by atoms with E-state index in [-0.39, 0.29) is 22.7 Å². The average molecular weight is 436 g/mol. The van der Waals surface area contributed by atoms with Crippen molar-refractivity contribution in [2.24, 2.45) is 46.3 Å². The fraction of sp³-hybridized carbons (Fsp3) is 0.962. The van der Waals surface area contributed by atoms with E-state index in [1.165, 1.54) is 13.5 Å². The molecule has 0 aromatic carbocycles. The molecule has 0 spiro atoms. The Kier molecular flexibility index (Phi) is 6.53. The Morgan fingerprint density at radius 3 is 2.48 bits per heavy atom. The van der Waals surface area contributed by atoms with Gasteiger partial charge in [-0.1, -0.05) is 27.7 Å². The molecule has 0 bridgehead atoms. The number of aliphatic hydroxyl groups excluding tert-OH is 2. The minimum atomic E-state index is -0.615. The quantitative estimate of drug-likeness (QED) is 0.573. The average Bonchev–Trinajstić information content (AvgIpc) is 3.05. The molecule has 10 atom stereocenters. The number of hydrogen-bond acceptors (Lipinski definition) is 5. The summed E-state index contributed by atoms with van der Waals surface area (Å²) in [5.74, 6) is 2.73. The molecule has 31 heavy (non-hydrogen) atoms. The molecular formula is C26H45NO4. The summed E-state index contributed by atoms with van der Waals surface area (Å²) in [5.41, 5.74) is 0.0293. The second kappa shape index (κ2) is 8.61. The van der Waals surface area contributed by atoms with Crippen LogP contribution in [0.4, 0.5) is 0 Å². The lowest BCUT2D eigenvalue weighted by Crippen LogP contribution is -2.64. The summed E-state index contributed by atoms with van der Waals surface area (Å²) >= 11 is 0. The number of esters is 1. The zero-order valence-corrected chi connectivity index (χ0v) is 20.3. The van der Waals surface area contributed by atoms with Crippen molar-refractivity contribution in [3.63, 3.8) is 0 Å². The highest BCUT2D eigenvalue weighted by Crippen LogP contribution is 2.67. The normalized spacial score (nSPS) is 49.3. The maximum atomic E-state index is 12.7. The van der Waals surface area contributed by atoms with Gasteiger partial charge in [0, 0.05) is 6.04 Å². The molecule has 178 valence electrons. The van der Waals surface area contributed by atoms with Gasteiger partial charge in [0.05, 0.1) is 25.2 Å². The third-order valence-electron chi connectivity index (χ3n) is 10.3. The SMILES string of the molecule is COC(=O)[C@H]1CC[C@H]2[C@@H]3CC[C@H]4C[C@H](O)[C@@H](O)C[C@]4(C)[C@H]3[C@H](NCCC(C)C)C[C@]12C. The Labute approximate surface area is 188 Å². The lowest BCUT2D eigenvalue weighted by Gasteiger charge is -2.63. The number of carbonyl (C=O) groups is 1. The van der Waals surface area contributed by atoms with E-state index in [0.717, 1.165) is 45.1 Å². The van der Waals surface area contributed by atoms with Crippen LogP contribution in [0.25, 0.3) is 0 Å². The van der Waals surface area contributed by atoms with Gasteiger partial charge in [-0.15, -0.1) is 0 Å². The zero-order valence-electron chi connectivity index (χ0n) is 20.3. The summed E-state index contributed by atoms with van der Waals surface area (Å²) in [6, 6.07) is 0.352. The molecular weight excluding hydrogens is 390 g/mol. The Hall–Kier alpha value is -0.650. The summed E-state index contributed by atoms with van der Waals surface area (Å²) in [7, 11) is 1.53. The molecule has 4 fully saturated rings. The van der Waals surface area contributed by atoms with E-state index >= 15 is 0 Å². The van der Waals surface area contributed by atoms with Crippen molar-refractivity contribution in [3.05, 3.63) is 0 Å². The van der Waals surface area contributed by atoms with Gasteiger partial charge in [-0.3, -0.25) is 4.79 Å². The van der Waals surface area contributed by atoms with Gasteiger partial charge in [0.15, 0.2) is 0 Å². The number of rotatable bonds is 5. The molecule has 4 aliphatic rings. The highest BCUT2D eigenvalue weighted by Gasteiger charge is 2.64. The highest BCUT2D eigenvalue weighted by molar-refractivity contribution is 5.74. The van der Waals surface area contributed by atoms with Gasteiger partial charge in [0.25, 0.3) is 0 Å². The molecule has 0 amide bonds. The van der Waals surface area contributed by atoms with Gasteiger partial charge in [0.1, 0.15) is 0 Å². The lowest BCUT2D eigenvalue weighted by molar-refractivity contribution is -0.174. The zero-order chi connectivity index (χ0) is 22.6. The van der Waals surface area contributed by atoms with Crippen LogP contribution in [0.5, 0.6) is 0 Å². The van der Waals surface area contributed by atoms with Crippen LogP contribution in [0.1, 0.15) is 79.1 Å². The van der Waals surface area contributed by atoms with E-state index in [0.29, 0.717) is 42.1 Å². The van der Waals surface area contributed by atoms with E-state index in [1.807, 2.05) is 0 Å². The van der Waals surface area contributed by atoms with Crippen LogP contribution < -0.4 is 5.32 Å². The van der Waals surface area contributed by atoms with Crippen molar-refractivity contribution in [3.8, 4) is 0 Å². The van der Waals surface area contributed by atoms with E-state index in [4.69, 9.17) is 4.74 Å². The van der Waals surface area contributed by atoms with Crippen LogP contribution in [0.3, 0.4) is 0 Å². The third-order valence-corrected chi connectivity index (χ3v) is 10.3. The molecule has 0 aromatic rings. The van der Waals surface area contributed by atoms with Gasteiger partial charge in [-0.2, -0.15) is 0 Å². The van der Waals surface area contributed by atoms with E-state index in [2.05, 4.69) is 33.0 Å². The smallest absolute Gasteiger partial charge is 0.309 e. The van der Waals surface area contributed by atoms with Crippen molar-refractivity contribution in [2.75, 3.05) is 13.7 Å². The summed E-state index contributed by atoms with van der Waals surface area (Å²) in [6.45, 7) is 10.3. The van der Waals surface area contributed by atoms with Crippen molar-refractivity contribution in [1.29, 1.82) is 0 Å². The molecule has 0 unspecified atom stereocenters. The number of hydrogen-bond donors (Lipinski definition) is 3. The molecule has 0 heterocycles. The highest BCUT2D eigenvalue weighted by atomic mass is 16.5. The molecule has 4 saturated carbocycles. The number of nitrogens with one attached hydrogen (secondary N) is 1. The van der Waals surface area contributed by atoms with E-state index in [1.54, 1.807) is 0 Å². The summed E-state index contributed by atoms with van der Waals surface area (Å²) < 4.78 is 5.24. The first-order chi connectivity index (χ1) is 14.6.